The molecule has 0 saturated heterocycles. The molecule has 0 N–H and O–H groups in total. The molecule has 0 bridgehead atoms. The summed E-state index contributed by atoms with van der Waals surface area (Å²) in [6.07, 6.45) is 31.1. The van der Waals surface area contributed by atoms with Gasteiger partial charge in [-0.15, -0.1) is 0 Å². The predicted molar refractivity (Wildman–Crippen MR) is 233 cm³/mol. The van der Waals surface area contributed by atoms with E-state index in [1.165, 1.54) is 135 Å². The molecule has 0 heterocycles. The van der Waals surface area contributed by atoms with Gasteiger partial charge in [0.2, 0.25) is 5.91 Å². The molecule has 3 heteroatoms. The Morgan fingerprint density at radius 1 is 0.640 bits per heavy atom. The van der Waals surface area contributed by atoms with E-state index in [1.54, 1.807) is 7.11 Å². The Balaban J connectivity index is -0.000000312. The van der Waals surface area contributed by atoms with Gasteiger partial charge in [0.05, 0.1) is 0 Å². The number of carbonyl (C=O) groups excluding carboxylic acids is 1. The van der Waals surface area contributed by atoms with Crippen molar-refractivity contribution in [2.45, 2.75) is 258 Å². The van der Waals surface area contributed by atoms with Crippen LogP contribution in [0.15, 0.2) is 0 Å². The minimum Gasteiger partial charge on any atom is -0.385 e. The maximum absolute atomic E-state index is 13.4. The second kappa shape index (κ2) is 39.6. The summed E-state index contributed by atoms with van der Waals surface area (Å²) < 4.78 is 5.14. The fraction of sp³-hybridized carbons (Fsp3) is 0.979. The standard InChI is InChI=1S/C29H59NO2.C12H24.2C2H6.2CH4/c1-7-9-11-13-15-19-23-27(24-20-16-14-12-10-8-2)30(5)28(31)29(3,4)25-21-17-18-22-26-32-6;1-5-6-7-8-12(3,4)11-9-10(11)2;2*1-2;;/h27H,7-26H2,1-6H3;10-11H,5-9H2,1-4H3;2*1-2H3;2*1H4. The largest absolute Gasteiger partial charge is 0.385 e. The summed E-state index contributed by atoms with van der Waals surface area (Å²) in [5.41, 5.74) is 0.380. The van der Waals surface area contributed by atoms with E-state index in [-0.39, 0.29) is 20.3 Å². The highest BCUT2D eigenvalue weighted by atomic mass is 16.5. The number of amides is 1. The van der Waals surface area contributed by atoms with Gasteiger partial charge in [0.1, 0.15) is 0 Å². The Hall–Kier alpha value is -0.570. The van der Waals surface area contributed by atoms with E-state index in [9.17, 15) is 4.79 Å². The van der Waals surface area contributed by atoms with Gasteiger partial charge in [-0.1, -0.05) is 214 Å². The lowest BCUT2D eigenvalue weighted by molar-refractivity contribution is -0.142. The predicted octanol–water partition coefficient (Wildman–Crippen LogP) is 16.5. The van der Waals surface area contributed by atoms with E-state index in [4.69, 9.17) is 4.74 Å². The van der Waals surface area contributed by atoms with Crippen LogP contribution >= 0.6 is 0 Å². The number of hydrogen-bond donors (Lipinski definition) is 0. The second-order valence-corrected chi connectivity index (χ2v) is 16.0. The van der Waals surface area contributed by atoms with Crippen molar-refractivity contribution in [3.63, 3.8) is 0 Å². The van der Waals surface area contributed by atoms with Crippen LogP contribution in [0, 0.1) is 22.7 Å². The first kappa shape index (κ1) is 58.7. The van der Waals surface area contributed by atoms with Gasteiger partial charge in [-0.05, 0) is 55.8 Å². The summed E-state index contributed by atoms with van der Waals surface area (Å²) in [5, 5.41) is 0. The first-order chi connectivity index (χ1) is 23.0. The quantitative estimate of drug-likeness (QED) is 0.0756. The van der Waals surface area contributed by atoms with Gasteiger partial charge in [-0.3, -0.25) is 4.79 Å². The lowest BCUT2D eigenvalue weighted by Gasteiger charge is -2.35. The molecule has 2 atom stereocenters. The summed E-state index contributed by atoms with van der Waals surface area (Å²) in [6.45, 7) is 27.3. The zero-order chi connectivity index (χ0) is 37.3. The summed E-state index contributed by atoms with van der Waals surface area (Å²) in [7, 11) is 3.85. The van der Waals surface area contributed by atoms with E-state index in [1.807, 2.05) is 27.7 Å². The van der Waals surface area contributed by atoms with Gasteiger partial charge in [0.25, 0.3) is 0 Å². The highest BCUT2D eigenvalue weighted by Crippen LogP contribution is 2.52. The molecule has 0 radical (unpaired) electrons. The van der Waals surface area contributed by atoms with Crippen LogP contribution in [0.1, 0.15) is 252 Å². The van der Waals surface area contributed by atoms with Gasteiger partial charge in [0.15, 0.2) is 0 Å². The third-order valence-corrected chi connectivity index (χ3v) is 10.7. The van der Waals surface area contributed by atoms with Crippen LogP contribution < -0.4 is 0 Å². The van der Waals surface area contributed by atoms with Crippen LogP contribution in [-0.2, 0) is 9.53 Å². The highest BCUT2D eigenvalue weighted by molar-refractivity contribution is 5.82. The van der Waals surface area contributed by atoms with Crippen LogP contribution in [-0.4, -0.2) is 37.6 Å². The van der Waals surface area contributed by atoms with Crippen molar-refractivity contribution < 1.29 is 9.53 Å². The molecule has 1 fully saturated rings. The van der Waals surface area contributed by atoms with E-state index < -0.39 is 0 Å². The van der Waals surface area contributed by atoms with E-state index >= 15 is 0 Å². The number of rotatable bonds is 28. The topological polar surface area (TPSA) is 29.5 Å². The molecule has 0 spiro atoms. The molecule has 1 amide bonds. The number of unbranched alkanes of at least 4 members (excludes halogenated alkanes) is 15. The van der Waals surface area contributed by atoms with Gasteiger partial charge >= 0.3 is 0 Å². The molecule has 3 nitrogen and oxygen atoms in total. The molecule has 50 heavy (non-hydrogen) atoms. The van der Waals surface area contributed by atoms with Crippen molar-refractivity contribution in [2.24, 2.45) is 22.7 Å². The van der Waals surface area contributed by atoms with Crippen LogP contribution in [0.3, 0.4) is 0 Å². The summed E-state index contributed by atoms with van der Waals surface area (Å²) >= 11 is 0. The third kappa shape index (κ3) is 32.1. The molecule has 2 unspecified atom stereocenters. The number of carbonyl (C=O) groups is 1. The zero-order valence-electron chi connectivity index (χ0n) is 36.2. The fourth-order valence-corrected chi connectivity index (χ4v) is 7.20. The SMILES string of the molecule is C.C.CC.CC.CCCCCC(C)(C)C1CC1C.CCCCCCCCC(CCCCCCCC)N(C)C(=O)C(C)(C)CCCCCCOC. The summed E-state index contributed by atoms with van der Waals surface area (Å²) in [5.74, 6) is 2.41. The van der Waals surface area contributed by atoms with Crippen LogP contribution in [0.5, 0.6) is 0 Å². The maximum atomic E-state index is 13.4. The molecular weight excluding hydrogens is 611 g/mol. The third-order valence-electron chi connectivity index (χ3n) is 10.7. The highest BCUT2D eigenvalue weighted by Gasteiger charge is 2.43. The first-order valence-corrected chi connectivity index (χ1v) is 21.7. The van der Waals surface area contributed by atoms with Crippen molar-refractivity contribution in [1.82, 2.24) is 4.90 Å². The van der Waals surface area contributed by atoms with Gasteiger partial charge in [0, 0.05) is 32.2 Å². The van der Waals surface area contributed by atoms with Gasteiger partial charge in [-0.25, -0.2) is 0 Å². The van der Waals surface area contributed by atoms with Crippen molar-refractivity contribution in [2.75, 3.05) is 20.8 Å². The molecule has 0 aromatic rings. The monoisotopic (exact) mass is 714 g/mol. The Labute approximate surface area is 321 Å². The lowest BCUT2D eigenvalue weighted by Crippen LogP contribution is -2.44. The molecule has 0 aromatic heterocycles. The minimum atomic E-state index is -0.253. The zero-order valence-corrected chi connectivity index (χ0v) is 36.2. The molecule has 1 rings (SSSR count). The average Bonchev–Trinajstić information content (AvgIpc) is 3.84. The second-order valence-electron chi connectivity index (χ2n) is 16.0. The van der Waals surface area contributed by atoms with Crippen LogP contribution in [0.25, 0.3) is 0 Å². The minimum absolute atomic E-state index is 0. The van der Waals surface area contributed by atoms with E-state index in [0.717, 1.165) is 37.7 Å². The molecule has 1 saturated carbocycles. The summed E-state index contributed by atoms with van der Waals surface area (Å²) in [6, 6.07) is 0.417. The van der Waals surface area contributed by atoms with Crippen molar-refractivity contribution in [3.05, 3.63) is 0 Å². The number of nitrogens with zero attached hydrogens (tertiary/aromatic N) is 1. The van der Waals surface area contributed by atoms with Gasteiger partial charge < -0.3 is 9.64 Å². The Morgan fingerprint density at radius 3 is 1.42 bits per heavy atom. The normalized spacial score (nSPS) is 14.9. The van der Waals surface area contributed by atoms with Gasteiger partial charge in [-0.2, -0.15) is 0 Å². The molecule has 1 aliphatic rings. The molecule has 308 valence electrons. The van der Waals surface area contributed by atoms with E-state index in [0.29, 0.717) is 17.4 Å². The van der Waals surface area contributed by atoms with E-state index in [2.05, 4.69) is 67.3 Å². The summed E-state index contributed by atoms with van der Waals surface area (Å²) in [4.78, 5) is 15.6. The van der Waals surface area contributed by atoms with Crippen molar-refractivity contribution >= 4 is 5.91 Å². The first-order valence-electron chi connectivity index (χ1n) is 21.7. The molecule has 1 aliphatic carbocycles. The Bertz CT molecular complexity index is 642. The molecule has 0 aliphatic heterocycles. The Kier molecular flexibility index (Phi) is 46.6. The van der Waals surface area contributed by atoms with Crippen LogP contribution in [0.2, 0.25) is 0 Å². The van der Waals surface area contributed by atoms with Crippen molar-refractivity contribution in [1.29, 1.82) is 0 Å². The smallest absolute Gasteiger partial charge is 0.228 e. The van der Waals surface area contributed by atoms with Crippen LogP contribution in [0.4, 0.5) is 0 Å². The number of methoxy groups -OCH3 is 1. The molecule has 0 aromatic carbocycles. The fourth-order valence-electron chi connectivity index (χ4n) is 7.20. The molecular formula is C47H103NO2. The van der Waals surface area contributed by atoms with Crippen molar-refractivity contribution in [3.8, 4) is 0 Å². The number of ether oxygens (including phenoxy) is 1. The Morgan fingerprint density at radius 2 is 1.00 bits per heavy atom. The lowest BCUT2D eigenvalue weighted by atomic mass is 9.81. The average molecular weight is 714 g/mol. The maximum Gasteiger partial charge on any atom is 0.228 e. The number of hydrogen-bond acceptors (Lipinski definition) is 2.